The van der Waals surface area contributed by atoms with Crippen molar-refractivity contribution in [1.82, 2.24) is 15.3 Å². The van der Waals surface area contributed by atoms with Crippen molar-refractivity contribution in [3.05, 3.63) is 101 Å². The topological polar surface area (TPSA) is 137 Å². The van der Waals surface area contributed by atoms with Gasteiger partial charge in [-0.2, -0.15) is 0 Å². The van der Waals surface area contributed by atoms with Gasteiger partial charge in [0.2, 0.25) is 5.91 Å². The van der Waals surface area contributed by atoms with Crippen molar-refractivity contribution in [2.24, 2.45) is 0 Å². The number of hydrogen-bond donors (Lipinski definition) is 4. The SMILES string of the molecule is O=C(O)Nc1ccc(-c2ncc(C(Cc3ccccc3)C(=O)N3C(=O)O[C@]4(CCCNC4)c4c3ccc(Cl)c4F)[nH]2)cc1. The van der Waals surface area contributed by atoms with Gasteiger partial charge in [-0.1, -0.05) is 41.9 Å². The Morgan fingerprint density at radius 3 is 2.60 bits per heavy atom. The Kier molecular flexibility index (Phi) is 7.59. The quantitative estimate of drug-likeness (QED) is 0.211. The lowest BCUT2D eigenvalue weighted by atomic mass is 9.83. The fourth-order valence-electron chi connectivity index (χ4n) is 5.74. The first-order valence-electron chi connectivity index (χ1n) is 13.7. The first-order chi connectivity index (χ1) is 20.8. The van der Waals surface area contributed by atoms with Gasteiger partial charge < -0.3 is 20.1 Å². The number of fused-ring (bicyclic) bond motifs is 2. The third-order valence-corrected chi connectivity index (χ3v) is 8.05. The zero-order valence-corrected chi connectivity index (χ0v) is 23.5. The average Bonchev–Trinajstić information content (AvgIpc) is 3.48. The van der Waals surface area contributed by atoms with E-state index in [9.17, 15) is 14.4 Å². The molecule has 6 rings (SSSR count). The summed E-state index contributed by atoms with van der Waals surface area (Å²) in [7, 11) is 0. The number of amides is 3. The molecule has 0 radical (unpaired) electrons. The lowest BCUT2D eigenvalue weighted by molar-refractivity contribution is -0.120. The third kappa shape index (κ3) is 5.44. The molecule has 2 aliphatic heterocycles. The number of aromatic amines is 1. The van der Waals surface area contributed by atoms with Gasteiger partial charge in [-0.25, -0.2) is 23.9 Å². The minimum Gasteiger partial charge on any atom is -0.465 e. The molecule has 3 amide bonds. The molecule has 4 N–H and O–H groups in total. The van der Waals surface area contributed by atoms with Crippen LogP contribution in [0.1, 0.15) is 35.6 Å². The Bertz CT molecular complexity index is 1690. The second-order valence-electron chi connectivity index (χ2n) is 10.5. The van der Waals surface area contributed by atoms with Gasteiger partial charge in [0.1, 0.15) is 5.82 Å². The molecule has 43 heavy (non-hydrogen) atoms. The summed E-state index contributed by atoms with van der Waals surface area (Å²) in [5.74, 6) is -1.83. The second-order valence-corrected chi connectivity index (χ2v) is 10.9. The number of H-pyrrole nitrogens is 1. The number of carbonyl (C=O) groups is 3. The van der Waals surface area contributed by atoms with Crippen molar-refractivity contribution in [2.75, 3.05) is 23.3 Å². The van der Waals surface area contributed by atoms with Gasteiger partial charge in [-0.05, 0) is 67.8 Å². The first kappa shape index (κ1) is 28.4. The number of aromatic nitrogens is 2. The van der Waals surface area contributed by atoms with Crippen LogP contribution in [0.2, 0.25) is 5.02 Å². The number of ether oxygens (including phenoxy) is 1. The minimum absolute atomic E-state index is 0.0824. The Hall–Kier alpha value is -4.74. The number of carbonyl (C=O) groups excluding carboxylic acids is 2. The van der Waals surface area contributed by atoms with E-state index in [0.717, 1.165) is 10.5 Å². The number of benzene rings is 3. The third-order valence-electron chi connectivity index (χ3n) is 7.76. The number of hydrogen-bond acceptors (Lipinski definition) is 6. The molecule has 0 saturated carbocycles. The molecule has 1 fully saturated rings. The van der Waals surface area contributed by atoms with Gasteiger partial charge in [-0.3, -0.25) is 10.1 Å². The fourth-order valence-corrected chi connectivity index (χ4v) is 5.90. The summed E-state index contributed by atoms with van der Waals surface area (Å²) in [5.41, 5.74) is 1.21. The van der Waals surface area contributed by atoms with Crippen LogP contribution in [0.15, 0.2) is 72.9 Å². The molecule has 3 aromatic carbocycles. The van der Waals surface area contributed by atoms with Gasteiger partial charge in [0, 0.05) is 29.7 Å². The van der Waals surface area contributed by atoms with E-state index in [1.807, 2.05) is 30.3 Å². The summed E-state index contributed by atoms with van der Waals surface area (Å²) < 4.78 is 21.6. The van der Waals surface area contributed by atoms with Crippen LogP contribution in [0.25, 0.3) is 11.4 Å². The van der Waals surface area contributed by atoms with Crippen molar-refractivity contribution in [2.45, 2.75) is 30.8 Å². The summed E-state index contributed by atoms with van der Waals surface area (Å²) in [5, 5.41) is 14.3. The van der Waals surface area contributed by atoms with E-state index in [2.05, 4.69) is 20.6 Å². The molecule has 220 valence electrons. The van der Waals surface area contributed by atoms with Crippen LogP contribution < -0.4 is 15.5 Å². The number of imide groups is 1. The van der Waals surface area contributed by atoms with Crippen molar-refractivity contribution in [3.63, 3.8) is 0 Å². The summed E-state index contributed by atoms with van der Waals surface area (Å²) in [4.78, 5) is 47.5. The molecule has 10 nitrogen and oxygen atoms in total. The number of nitrogens with zero attached hydrogens (tertiary/aromatic N) is 2. The van der Waals surface area contributed by atoms with Gasteiger partial charge in [-0.15, -0.1) is 0 Å². The number of anilines is 2. The van der Waals surface area contributed by atoms with Crippen LogP contribution in [0.4, 0.5) is 25.4 Å². The van der Waals surface area contributed by atoms with Crippen LogP contribution >= 0.6 is 11.6 Å². The number of halogens is 2. The molecular weight excluding hydrogens is 577 g/mol. The van der Waals surface area contributed by atoms with Crippen molar-refractivity contribution in [1.29, 1.82) is 0 Å². The molecule has 4 aromatic rings. The minimum atomic E-state index is -1.28. The smallest absolute Gasteiger partial charge is 0.422 e. The molecule has 1 aromatic heterocycles. The Morgan fingerprint density at radius 2 is 1.91 bits per heavy atom. The van der Waals surface area contributed by atoms with Crippen LogP contribution in [0, 0.1) is 5.82 Å². The highest BCUT2D eigenvalue weighted by Crippen LogP contribution is 2.46. The first-order valence-corrected chi connectivity index (χ1v) is 14.1. The van der Waals surface area contributed by atoms with E-state index in [0.29, 0.717) is 42.2 Å². The van der Waals surface area contributed by atoms with Gasteiger partial charge in [0.25, 0.3) is 0 Å². The Morgan fingerprint density at radius 1 is 1.14 bits per heavy atom. The summed E-state index contributed by atoms with van der Waals surface area (Å²) in [6, 6.07) is 18.7. The molecule has 0 bridgehead atoms. The van der Waals surface area contributed by atoms with Gasteiger partial charge >= 0.3 is 12.2 Å². The Balaban J connectivity index is 1.39. The normalized spacial score (nSPS) is 18.6. The maximum atomic E-state index is 15.7. The molecule has 1 spiro atoms. The summed E-state index contributed by atoms with van der Waals surface area (Å²) in [6.07, 6.45) is 0.701. The van der Waals surface area contributed by atoms with E-state index in [1.54, 1.807) is 24.3 Å². The van der Waals surface area contributed by atoms with E-state index in [1.165, 1.54) is 18.3 Å². The van der Waals surface area contributed by atoms with Crippen molar-refractivity contribution < 1.29 is 28.6 Å². The Labute approximate surface area is 250 Å². The lowest BCUT2D eigenvalue weighted by Crippen LogP contribution is -2.55. The molecule has 2 atom stereocenters. The van der Waals surface area contributed by atoms with Gasteiger partial charge in [0.15, 0.2) is 11.4 Å². The highest BCUT2D eigenvalue weighted by Gasteiger charge is 2.51. The van der Waals surface area contributed by atoms with Crippen LogP contribution in [-0.4, -0.2) is 46.3 Å². The lowest BCUT2D eigenvalue weighted by Gasteiger charge is -2.44. The number of carboxylic acid groups (broad SMARTS) is 1. The molecular formula is C31H27ClFN5O5. The molecule has 1 saturated heterocycles. The zero-order chi connectivity index (χ0) is 30.1. The standard InChI is InChI=1S/C31H27ClFN5O5/c32-22-11-12-24-25(26(22)33)31(13-4-14-34-17-31)43-30(42)38(24)28(39)21(15-18-5-2-1-3-6-18)23-16-35-27(37-23)19-7-9-20(10-8-19)36-29(40)41/h1-3,5-12,16,21,34,36H,4,13-15,17H2,(H,35,37)(H,40,41)/t21?,31-/m0/s1. The van der Waals surface area contributed by atoms with E-state index in [4.69, 9.17) is 21.4 Å². The molecule has 2 aliphatic rings. The van der Waals surface area contributed by atoms with E-state index in [-0.39, 0.29) is 29.2 Å². The summed E-state index contributed by atoms with van der Waals surface area (Å²) in [6.45, 7) is 0.892. The maximum Gasteiger partial charge on any atom is 0.422 e. The predicted molar refractivity (Wildman–Crippen MR) is 158 cm³/mol. The van der Waals surface area contributed by atoms with Crippen LogP contribution in [0.3, 0.4) is 0 Å². The largest absolute Gasteiger partial charge is 0.465 e. The molecule has 0 aliphatic carbocycles. The number of imidazole rings is 1. The number of rotatable bonds is 6. The van der Waals surface area contributed by atoms with Gasteiger partial charge in [0.05, 0.1) is 22.2 Å². The van der Waals surface area contributed by atoms with Crippen molar-refractivity contribution >= 4 is 41.1 Å². The molecule has 12 heteroatoms. The second kappa shape index (κ2) is 11.5. The number of nitrogens with one attached hydrogen (secondary N) is 3. The van der Waals surface area contributed by atoms with Crippen LogP contribution in [-0.2, 0) is 21.6 Å². The fraction of sp³-hybridized carbons (Fsp3) is 0.226. The number of piperidine rings is 1. The molecule has 3 heterocycles. The average molecular weight is 604 g/mol. The van der Waals surface area contributed by atoms with Crippen LogP contribution in [0.5, 0.6) is 0 Å². The monoisotopic (exact) mass is 603 g/mol. The van der Waals surface area contributed by atoms with E-state index >= 15 is 4.39 Å². The van der Waals surface area contributed by atoms with E-state index < -0.39 is 35.4 Å². The zero-order valence-electron chi connectivity index (χ0n) is 22.8. The summed E-state index contributed by atoms with van der Waals surface area (Å²) >= 11 is 6.19. The van der Waals surface area contributed by atoms with Crippen molar-refractivity contribution in [3.8, 4) is 11.4 Å². The molecule has 1 unspecified atom stereocenters. The maximum absolute atomic E-state index is 15.7. The predicted octanol–water partition coefficient (Wildman–Crippen LogP) is 6.05. The highest BCUT2D eigenvalue weighted by molar-refractivity contribution is 6.31. The highest BCUT2D eigenvalue weighted by atomic mass is 35.5.